The van der Waals surface area contributed by atoms with Crippen molar-refractivity contribution < 1.29 is 17.6 Å². The molecule has 1 saturated heterocycles. The molecule has 2 heterocycles. The van der Waals surface area contributed by atoms with Crippen LogP contribution in [0.15, 0.2) is 40.6 Å². The van der Waals surface area contributed by atoms with E-state index < -0.39 is 15.8 Å². The van der Waals surface area contributed by atoms with Gasteiger partial charge in [-0.3, -0.25) is 9.69 Å². The van der Waals surface area contributed by atoms with Crippen molar-refractivity contribution in [1.29, 1.82) is 5.26 Å². The van der Waals surface area contributed by atoms with Crippen molar-refractivity contribution in [2.75, 3.05) is 44.2 Å². The number of hydrogen-bond acceptors (Lipinski definition) is 6. The van der Waals surface area contributed by atoms with Gasteiger partial charge in [-0.2, -0.15) is 9.57 Å². The minimum absolute atomic E-state index is 0.0848. The summed E-state index contributed by atoms with van der Waals surface area (Å²) in [6.45, 7) is 1.62. The smallest absolute Gasteiger partial charge is 0.252 e. The van der Waals surface area contributed by atoms with Gasteiger partial charge in [0.25, 0.3) is 10.0 Å². The number of amides is 1. The van der Waals surface area contributed by atoms with Gasteiger partial charge in [-0.05, 0) is 36.4 Å². The fourth-order valence-electron chi connectivity index (χ4n) is 3.15. The molecule has 11 heteroatoms. The molecule has 1 aliphatic heterocycles. The largest absolute Gasteiger partial charge is 0.310 e. The Hall–Kier alpha value is -2.03. The van der Waals surface area contributed by atoms with Gasteiger partial charge < -0.3 is 4.90 Å². The monoisotopic (exact) mass is 470 g/mol. The lowest BCUT2D eigenvalue weighted by Crippen LogP contribution is -2.51. The van der Waals surface area contributed by atoms with Gasteiger partial charge in [0.1, 0.15) is 10.0 Å². The first-order valence-electron chi connectivity index (χ1n) is 9.22. The third-order valence-electron chi connectivity index (χ3n) is 4.72. The van der Waals surface area contributed by atoms with Crippen LogP contribution in [-0.4, -0.2) is 62.8 Å². The van der Waals surface area contributed by atoms with Crippen molar-refractivity contribution in [2.24, 2.45) is 0 Å². The molecule has 30 heavy (non-hydrogen) atoms. The van der Waals surface area contributed by atoms with Gasteiger partial charge in [0.05, 0.1) is 23.4 Å². The van der Waals surface area contributed by atoms with Crippen molar-refractivity contribution in [3.63, 3.8) is 0 Å². The van der Waals surface area contributed by atoms with Crippen molar-refractivity contribution in [2.45, 2.75) is 10.6 Å². The molecule has 160 valence electrons. The fraction of sp³-hybridized carbons (Fsp3) is 0.368. The third-order valence-corrected chi connectivity index (χ3v) is 8.32. The summed E-state index contributed by atoms with van der Waals surface area (Å²) in [5.41, 5.74) is 0.521. The van der Waals surface area contributed by atoms with Crippen LogP contribution in [0.4, 0.5) is 10.1 Å². The molecule has 1 amide bonds. The highest BCUT2D eigenvalue weighted by atomic mass is 35.5. The van der Waals surface area contributed by atoms with E-state index in [0.717, 1.165) is 11.3 Å². The lowest BCUT2D eigenvalue weighted by Gasteiger charge is -2.34. The van der Waals surface area contributed by atoms with E-state index in [2.05, 4.69) is 0 Å². The van der Waals surface area contributed by atoms with Crippen LogP contribution >= 0.6 is 22.9 Å². The highest BCUT2D eigenvalue weighted by molar-refractivity contribution is 7.91. The summed E-state index contributed by atoms with van der Waals surface area (Å²) in [5, 5.41) is 8.88. The van der Waals surface area contributed by atoms with Gasteiger partial charge in [0, 0.05) is 38.4 Å². The molecule has 1 aromatic carbocycles. The van der Waals surface area contributed by atoms with Crippen LogP contribution in [0, 0.1) is 17.1 Å². The van der Waals surface area contributed by atoms with Crippen LogP contribution in [0.2, 0.25) is 4.34 Å². The SMILES string of the molecule is N#CCCN(C(=O)CN1CCN(S(=O)(=O)c2ccc(Cl)s2)CC1)c1ccc(F)cc1. The zero-order chi connectivity index (χ0) is 21.7. The molecule has 0 aliphatic carbocycles. The number of halogens is 2. The minimum atomic E-state index is -3.59. The first kappa shape index (κ1) is 22.7. The van der Waals surface area contributed by atoms with Crippen LogP contribution in [0.1, 0.15) is 6.42 Å². The topological polar surface area (TPSA) is 84.7 Å². The van der Waals surface area contributed by atoms with E-state index in [1.807, 2.05) is 11.0 Å². The zero-order valence-corrected chi connectivity index (χ0v) is 18.4. The molecule has 0 bridgehead atoms. The summed E-state index contributed by atoms with van der Waals surface area (Å²) in [6, 6.07) is 10.6. The first-order chi connectivity index (χ1) is 14.3. The maximum Gasteiger partial charge on any atom is 0.252 e. The standard InChI is InChI=1S/C19H20ClFN4O3S2/c20-17-6-7-19(29-17)30(27,28)24-12-10-23(11-13-24)14-18(26)25(9-1-8-22)16-4-2-15(21)3-5-16/h2-7H,1,9-14H2. The Morgan fingerprint density at radius 1 is 1.17 bits per heavy atom. The Morgan fingerprint density at radius 2 is 1.83 bits per heavy atom. The molecule has 0 spiro atoms. The molecule has 7 nitrogen and oxygen atoms in total. The minimum Gasteiger partial charge on any atom is -0.310 e. The second-order valence-corrected chi connectivity index (χ2v) is 10.5. The number of thiophene rings is 1. The normalized spacial score (nSPS) is 15.6. The molecular formula is C19H20ClFN4O3S2. The van der Waals surface area contributed by atoms with E-state index in [-0.39, 0.29) is 42.7 Å². The van der Waals surface area contributed by atoms with Gasteiger partial charge in [-0.15, -0.1) is 11.3 Å². The van der Waals surface area contributed by atoms with Gasteiger partial charge in [-0.1, -0.05) is 11.6 Å². The Kier molecular flexibility index (Phi) is 7.44. The van der Waals surface area contributed by atoms with E-state index in [1.165, 1.54) is 39.5 Å². The molecule has 0 atom stereocenters. The Bertz CT molecular complexity index is 1030. The number of carbonyl (C=O) groups excluding carboxylic acids is 1. The number of benzene rings is 1. The zero-order valence-electron chi connectivity index (χ0n) is 16.0. The number of sulfonamides is 1. The maximum atomic E-state index is 13.2. The number of anilines is 1. The highest BCUT2D eigenvalue weighted by Gasteiger charge is 2.30. The molecule has 0 unspecified atom stereocenters. The van der Waals surface area contributed by atoms with Crippen LogP contribution in [0.5, 0.6) is 0 Å². The molecule has 3 rings (SSSR count). The molecule has 1 aliphatic rings. The van der Waals surface area contributed by atoms with E-state index >= 15 is 0 Å². The summed E-state index contributed by atoms with van der Waals surface area (Å²) in [5.74, 6) is -0.631. The Balaban J connectivity index is 1.62. The second kappa shape index (κ2) is 9.85. The number of carbonyl (C=O) groups is 1. The average molecular weight is 471 g/mol. The summed E-state index contributed by atoms with van der Waals surface area (Å²) in [4.78, 5) is 16.2. The number of piperazine rings is 1. The first-order valence-corrected chi connectivity index (χ1v) is 11.9. The van der Waals surface area contributed by atoms with E-state index in [4.69, 9.17) is 16.9 Å². The Morgan fingerprint density at radius 3 is 2.40 bits per heavy atom. The lowest BCUT2D eigenvalue weighted by atomic mass is 10.2. The third kappa shape index (κ3) is 5.36. The molecule has 1 fully saturated rings. The predicted molar refractivity (Wildman–Crippen MR) is 114 cm³/mol. The molecule has 1 aromatic heterocycles. The van der Waals surface area contributed by atoms with Crippen LogP contribution in [-0.2, 0) is 14.8 Å². The Labute approximate surface area is 183 Å². The van der Waals surface area contributed by atoms with Gasteiger partial charge in [-0.25, -0.2) is 12.8 Å². The van der Waals surface area contributed by atoms with Crippen LogP contribution in [0.25, 0.3) is 0 Å². The van der Waals surface area contributed by atoms with Crippen molar-refractivity contribution in [1.82, 2.24) is 9.21 Å². The summed E-state index contributed by atoms with van der Waals surface area (Å²) in [7, 11) is -3.59. The van der Waals surface area contributed by atoms with Gasteiger partial charge >= 0.3 is 0 Å². The average Bonchev–Trinajstić information content (AvgIpc) is 3.17. The molecule has 0 radical (unpaired) electrons. The quantitative estimate of drug-likeness (QED) is 0.621. The van der Waals surface area contributed by atoms with Crippen molar-refractivity contribution >= 4 is 44.6 Å². The second-order valence-electron chi connectivity index (χ2n) is 6.67. The highest BCUT2D eigenvalue weighted by Crippen LogP contribution is 2.28. The lowest BCUT2D eigenvalue weighted by molar-refractivity contribution is -0.120. The number of nitrogens with zero attached hydrogens (tertiary/aromatic N) is 4. The van der Waals surface area contributed by atoms with E-state index in [0.29, 0.717) is 23.1 Å². The molecule has 2 aromatic rings. The van der Waals surface area contributed by atoms with Gasteiger partial charge in [0.2, 0.25) is 5.91 Å². The number of hydrogen-bond donors (Lipinski definition) is 0. The molecule has 0 saturated carbocycles. The number of nitriles is 1. The van der Waals surface area contributed by atoms with E-state index in [9.17, 15) is 17.6 Å². The van der Waals surface area contributed by atoms with Crippen LogP contribution in [0.3, 0.4) is 0 Å². The summed E-state index contributed by atoms with van der Waals surface area (Å²) in [6.07, 6.45) is 0.151. The van der Waals surface area contributed by atoms with Crippen LogP contribution < -0.4 is 4.90 Å². The van der Waals surface area contributed by atoms with E-state index in [1.54, 1.807) is 6.07 Å². The predicted octanol–water partition coefficient (Wildman–Crippen LogP) is 2.79. The summed E-state index contributed by atoms with van der Waals surface area (Å²) < 4.78 is 40.6. The molecular weight excluding hydrogens is 451 g/mol. The number of rotatable bonds is 7. The summed E-state index contributed by atoms with van der Waals surface area (Å²) >= 11 is 6.87. The fourth-order valence-corrected chi connectivity index (χ4v) is 6.21. The van der Waals surface area contributed by atoms with Crippen molar-refractivity contribution in [3.8, 4) is 6.07 Å². The maximum absolute atomic E-state index is 13.2. The van der Waals surface area contributed by atoms with Crippen molar-refractivity contribution in [3.05, 3.63) is 46.6 Å². The molecule has 0 N–H and O–H groups in total. The van der Waals surface area contributed by atoms with Gasteiger partial charge in [0.15, 0.2) is 0 Å².